The van der Waals surface area contributed by atoms with Crippen molar-refractivity contribution in [2.75, 3.05) is 20.0 Å². The number of methoxy groups -OCH3 is 2. The van der Waals surface area contributed by atoms with Crippen molar-refractivity contribution in [3.63, 3.8) is 0 Å². The van der Waals surface area contributed by atoms with Crippen molar-refractivity contribution in [2.24, 2.45) is 0 Å². The van der Waals surface area contributed by atoms with Crippen LogP contribution in [0.25, 0.3) is 10.9 Å². The first-order valence-corrected chi connectivity index (χ1v) is 11.0. The van der Waals surface area contributed by atoms with E-state index in [4.69, 9.17) is 9.47 Å². The molecule has 0 amide bonds. The molecule has 3 atom stereocenters. The van der Waals surface area contributed by atoms with Crippen LogP contribution in [0.2, 0.25) is 0 Å². The number of sulfone groups is 1. The van der Waals surface area contributed by atoms with Gasteiger partial charge in [-0.1, -0.05) is 24.3 Å². The Hall–Kier alpha value is -2.65. The molecule has 1 aromatic heterocycles. The minimum absolute atomic E-state index is 0.108. The van der Waals surface area contributed by atoms with E-state index in [1.54, 1.807) is 0 Å². The second-order valence-electron chi connectivity index (χ2n) is 7.27. The number of aromatic nitrogens is 1. The fourth-order valence-electron chi connectivity index (χ4n) is 4.27. The summed E-state index contributed by atoms with van der Waals surface area (Å²) in [5, 5.41) is 3.20. The van der Waals surface area contributed by atoms with Gasteiger partial charge in [0.2, 0.25) is 0 Å². The highest BCUT2D eigenvalue weighted by molar-refractivity contribution is 7.92. The minimum Gasteiger partial charge on any atom is -0.468 e. The molecule has 1 aromatic carbocycles. The van der Waals surface area contributed by atoms with Gasteiger partial charge in [-0.2, -0.15) is 0 Å². The Bertz CT molecular complexity index is 1120. The van der Waals surface area contributed by atoms with Crippen molar-refractivity contribution in [2.45, 2.75) is 30.2 Å². The van der Waals surface area contributed by atoms with Crippen LogP contribution in [0.5, 0.6) is 0 Å². The van der Waals surface area contributed by atoms with Crippen molar-refractivity contribution in [3.05, 3.63) is 47.2 Å². The van der Waals surface area contributed by atoms with Gasteiger partial charge in [0, 0.05) is 29.1 Å². The lowest BCUT2D eigenvalue weighted by molar-refractivity contribution is -0.143. The van der Waals surface area contributed by atoms with Crippen molar-refractivity contribution in [3.8, 4) is 0 Å². The van der Waals surface area contributed by atoms with Gasteiger partial charge in [0.25, 0.3) is 0 Å². The summed E-state index contributed by atoms with van der Waals surface area (Å²) in [6.07, 6.45) is 1.95. The molecule has 2 aliphatic rings. The zero-order valence-corrected chi connectivity index (χ0v) is 16.9. The molecule has 2 aromatic rings. The average molecular weight is 418 g/mol. The van der Waals surface area contributed by atoms with Gasteiger partial charge in [-0.25, -0.2) is 13.2 Å². The van der Waals surface area contributed by atoms with Crippen LogP contribution >= 0.6 is 0 Å². The van der Waals surface area contributed by atoms with E-state index < -0.39 is 39.1 Å². The fourth-order valence-corrected chi connectivity index (χ4v) is 5.98. The first kappa shape index (κ1) is 19.7. The van der Waals surface area contributed by atoms with Gasteiger partial charge >= 0.3 is 11.9 Å². The number of rotatable bonds is 4. The Morgan fingerprint density at radius 2 is 1.93 bits per heavy atom. The fraction of sp³-hybridized carbons (Fsp3) is 0.400. The third kappa shape index (κ3) is 3.34. The largest absolute Gasteiger partial charge is 0.468 e. The average Bonchev–Trinajstić information content (AvgIpc) is 3.24. The van der Waals surface area contributed by atoms with E-state index in [1.165, 1.54) is 20.3 Å². The number of H-pyrrole nitrogens is 1. The van der Waals surface area contributed by atoms with Crippen LogP contribution < -0.4 is 5.32 Å². The molecule has 0 bridgehead atoms. The number of hydrogen-bond donors (Lipinski definition) is 2. The molecule has 0 fully saturated rings. The van der Waals surface area contributed by atoms with Gasteiger partial charge in [0.15, 0.2) is 9.84 Å². The van der Waals surface area contributed by atoms with Crippen LogP contribution in [0.4, 0.5) is 0 Å². The van der Waals surface area contributed by atoms with Crippen LogP contribution in [-0.2, 0) is 35.3 Å². The molecular formula is C20H22N2O6S. The van der Waals surface area contributed by atoms with E-state index in [9.17, 15) is 18.0 Å². The van der Waals surface area contributed by atoms with E-state index in [0.29, 0.717) is 6.42 Å². The molecule has 0 spiro atoms. The van der Waals surface area contributed by atoms with Crippen molar-refractivity contribution in [1.29, 1.82) is 0 Å². The zero-order valence-electron chi connectivity index (χ0n) is 16.1. The highest BCUT2D eigenvalue weighted by Gasteiger charge is 2.42. The lowest BCUT2D eigenvalue weighted by atomic mass is 9.90. The topological polar surface area (TPSA) is 115 Å². The molecule has 8 nitrogen and oxygen atoms in total. The van der Waals surface area contributed by atoms with Crippen molar-refractivity contribution >= 4 is 32.7 Å². The lowest BCUT2D eigenvalue weighted by Crippen LogP contribution is -2.46. The summed E-state index contributed by atoms with van der Waals surface area (Å²) in [7, 11) is -0.978. The summed E-state index contributed by atoms with van der Waals surface area (Å²) in [6.45, 7) is 0. The Balaban J connectivity index is 1.75. The first-order valence-electron chi connectivity index (χ1n) is 9.29. The van der Waals surface area contributed by atoms with E-state index >= 15 is 0 Å². The number of ether oxygens (including phenoxy) is 2. The van der Waals surface area contributed by atoms with Gasteiger partial charge in [-0.15, -0.1) is 0 Å². The second-order valence-corrected chi connectivity index (χ2v) is 9.49. The molecule has 0 saturated heterocycles. The van der Waals surface area contributed by atoms with Crippen LogP contribution in [-0.4, -0.2) is 56.6 Å². The summed E-state index contributed by atoms with van der Waals surface area (Å²) in [4.78, 5) is 27.7. The Morgan fingerprint density at radius 1 is 1.17 bits per heavy atom. The predicted octanol–water partition coefficient (Wildman–Crippen LogP) is 1.18. The van der Waals surface area contributed by atoms with Crippen LogP contribution in [0, 0.1) is 0 Å². The number of aromatic amines is 1. The van der Waals surface area contributed by atoms with Crippen LogP contribution in [0.15, 0.2) is 35.9 Å². The Morgan fingerprint density at radius 3 is 2.66 bits per heavy atom. The summed E-state index contributed by atoms with van der Waals surface area (Å²) >= 11 is 0. The molecule has 0 radical (unpaired) electrons. The maximum Gasteiger partial charge on any atom is 0.334 e. The molecule has 154 valence electrons. The van der Waals surface area contributed by atoms with E-state index in [2.05, 4.69) is 10.3 Å². The number of carbonyl (C=O) groups excluding carboxylic acids is 2. The van der Waals surface area contributed by atoms with E-state index in [0.717, 1.165) is 22.2 Å². The van der Waals surface area contributed by atoms with Gasteiger partial charge in [0.1, 0.15) is 6.04 Å². The van der Waals surface area contributed by atoms with Gasteiger partial charge in [-0.05, 0) is 18.1 Å². The van der Waals surface area contributed by atoms with Gasteiger partial charge in [0.05, 0.1) is 30.8 Å². The maximum atomic E-state index is 12.6. The molecule has 4 rings (SSSR count). The highest BCUT2D eigenvalue weighted by atomic mass is 32.2. The maximum absolute atomic E-state index is 12.6. The lowest BCUT2D eigenvalue weighted by Gasteiger charge is -2.31. The van der Waals surface area contributed by atoms with E-state index in [-0.39, 0.29) is 17.7 Å². The summed E-state index contributed by atoms with van der Waals surface area (Å²) in [6, 6.07) is 6.65. The standard InChI is InChI=1S/C20H22N2O6S/c1-27-19(23)12-7-8-29(25,26)17(12)10-15-18-13(9-16(21-15)20(24)28-2)11-5-3-4-6-14(11)22-18/h3-7,15-17,21-22H,8-10H2,1-2H3/t15-,16-,17?/m1/s1. The van der Waals surface area contributed by atoms with E-state index in [1.807, 2.05) is 24.3 Å². The number of nitrogens with one attached hydrogen (secondary N) is 2. The SMILES string of the molecule is COC(=O)C1=CCS(=O)(=O)C1C[C@H]1N[C@@H](C(=O)OC)Cc2c1[nH]c1ccccc21. The molecule has 0 aliphatic carbocycles. The number of fused-ring (bicyclic) bond motifs is 3. The molecule has 2 aliphatic heterocycles. The monoisotopic (exact) mass is 418 g/mol. The molecule has 29 heavy (non-hydrogen) atoms. The molecule has 0 saturated carbocycles. The second kappa shape index (κ2) is 7.31. The summed E-state index contributed by atoms with van der Waals surface area (Å²) in [5.74, 6) is -1.26. The predicted molar refractivity (Wildman–Crippen MR) is 106 cm³/mol. The normalized spacial score (nSPS) is 25.3. The summed E-state index contributed by atoms with van der Waals surface area (Å²) < 4.78 is 34.9. The number of carbonyl (C=O) groups is 2. The molecule has 2 N–H and O–H groups in total. The third-order valence-corrected chi connectivity index (χ3v) is 7.62. The molecule has 3 heterocycles. The van der Waals surface area contributed by atoms with Crippen LogP contribution in [0.1, 0.15) is 23.7 Å². The van der Waals surface area contributed by atoms with Gasteiger partial charge in [-0.3, -0.25) is 10.1 Å². The third-order valence-electron chi connectivity index (χ3n) is 5.68. The number of esters is 2. The molecular weight excluding hydrogens is 396 g/mol. The minimum atomic E-state index is -3.53. The van der Waals surface area contributed by atoms with Crippen LogP contribution in [0.3, 0.4) is 0 Å². The first-order chi connectivity index (χ1) is 13.9. The molecule has 1 unspecified atom stereocenters. The number of benzene rings is 1. The number of hydrogen-bond acceptors (Lipinski definition) is 7. The Labute approximate surface area is 168 Å². The van der Waals surface area contributed by atoms with Crippen molar-refractivity contribution in [1.82, 2.24) is 10.3 Å². The molecule has 9 heteroatoms. The number of para-hydroxylation sites is 1. The smallest absolute Gasteiger partial charge is 0.334 e. The quantitative estimate of drug-likeness (QED) is 0.717. The summed E-state index contributed by atoms with van der Waals surface area (Å²) in [5.41, 5.74) is 2.84. The van der Waals surface area contributed by atoms with Crippen molar-refractivity contribution < 1.29 is 27.5 Å². The van der Waals surface area contributed by atoms with Gasteiger partial charge < -0.3 is 14.5 Å². The zero-order chi connectivity index (χ0) is 20.8. The highest BCUT2D eigenvalue weighted by Crippen LogP contribution is 2.37. The Kier molecular flexibility index (Phi) is 4.95.